The number of nitrogens with two attached hydrogens (primary N) is 1. The lowest BCUT2D eigenvalue weighted by atomic mass is 10.1. The highest BCUT2D eigenvalue weighted by Gasteiger charge is 2.30. The first-order chi connectivity index (χ1) is 12.6. The fourth-order valence-corrected chi connectivity index (χ4v) is 2.89. The van der Waals surface area contributed by atoms with Gasteiger partial charge in [0.2, 0.25) is 0 Å². The van der Waals surface area contributed by atoms with Crippen LogP contribution in [0.2, 0.25) is 5.02 Å². The van der Waals surface area contributed by atoms with Gasteiger partial charge in [0.15, 0.2) is 11.5 Å². The van der Waals surface area contributed by atoms with Gasteiger partial charge >= 0.3 is 0 Å². The summed E-state index contributed by atoms with van der Waals surface area (Å²) in [6.45, 7) is 0.381. The Morgan fingerprint density at radius 2 is 1.92 bits per heavy atom. The minimum atomic E-state index is -0.256. The zero-order valence-electron chi connectivity index (χ0n) is 13.7. The molecule has 1 aliphatic rings. The van der Waals surface area contributed by atoms with Crippen LogP contribution in [-0.4, -0.2) is 5.91 Å². The molecule has 0 atom stereocenters. The van der Waals surface area contributed by atoms with Crippen molar-refractivity contribution in [2.24, 2.45) is 0 Å². The van der Waals surface area contributed by atoms with Crippen LogP contribution >= 0.6 is 11.6 Å². The summed E-state index contributed by atoms with van der Waals surface area (Å²) >= 11 is 5.95. The lowest BCUT2D eigenvalue weighted by Crippen LogP contribution is -2.36. The summed E-state index contributed by atoms with van der Waals surface area (Å²) in [5, 5.41) is 0.647. The first kappa shape index (κ1) is 16.3. The maximum Gasteiger partial charge on any atom is 0.294 e. The van der Waals surface area contributed by atoms with Gasteiger partial charge in [-0.2, -0.15) is 0 Å². The van der Waals surface area contributed by atoms with Crippen LogP contribution in [0, 0.1) is 0 Å². The van der Waals surface area contributed by atoms with E-state index in [0.717, 1.165) is 5.56 Å². The molecule has 0 unspecified atom stereocenters. The Kier molecular flexibility index (Phi) is 4.14. The van der Waals surface area contributed by atoms with Crippen LogP contribution in [0.15, 0.2) is 71.0 Å². The highest BCUT2D eigenvalue weighted by Crippen LogP contribution is 2.38. The summed E-state index contributed by atoms with van der Waals surface area (Å²) < 4.78 is 11.1. The summed E-state index contributed by atoms with van der Waals surface area (Å²) in [4.78, 5) is 14.7. The predicted molar refractivity (Wildman–Crippen MR) is 101 cm³/mol. The maximum atomic E-state index is 13.0. The number of ether oxygens (including phenoxy) is 1. The van der Waals surface area contributed by atoms with Crippen LogP contribution in [0.3, 0.4) is 0 Å². The normalized spacial score (nSPS) is 15.0. The summed E-state index contributed by atoms with van der Waals surface area (Å²) in [5.41, 5.74) is 8.05. The number of furan rings is 1. The van der Waals surface area contributed by atoms with Gasteiger partial charge in [0.1, 0.15) is 5.76 Å². The number of carbonyl (C=O) groups excluding carboxylic acids is 1. The molecule has 2 heterocycles. The molecule has 2 aromatic carbocycles. The quantitative estimate of drug-likeness (QED) is 0.548. The number of carbonyl (C=O) groups is 1. The van der Waals surface area contributed by atoms with Gasteiger partial charge in [-0.25, -0.2) is 0 Å². The summed E-state index contributed by atoms with van der Waals surface area (Å²) in [6, 6.07) is 16.1. The molecule has 2 N–H and O–H groups in total. The molecule has 0 aliphatic carbocycles. The van der Waals surface area contributed by atoms with Crippen molar-refractivity contribution in [2.45, 2.75) is 6.54 Å². The van der Waals surface area contributed by atoms with E-state index in [1.54, 1.807) is 53.4 Å². The van der Waals surface area contributed by atoms with Crippen LogP contribution in [0.1, 0.15) is 11.3 Å². The molecule has 1 aromatic heterocycles. The van der Waals surface area contributed by atoms with E-state index in [1.807, 2.05) is 12.1 Å². The van der Waals surface area contributed by atoms with Crippen LogP contribution in [0.25, 0.3) is 6.08 Å². The minimum absolute atomic E-state index is 0.173. The molecule has 0 saturated heterocycles. The number of halogens is 1. The molecule has 5 nitrogen and oxygen atoms in total. The van der Waals surface area contributed by atoms with Crippen molar-refractivity contribution in [1.29, 1.82) is 0 Å². The number of hydrogen-bond acceptors (Lipinski definition) is 4. The molecule has 3 aromatic rings. The molecule has 1 aliphatic heterocycles. The van der Waals surface area contributed by atoms with Gasteiger partial charge in [0, 0.05) is 22.9 Å². The SMILES string of the molecule is Nc1ccc2c(c1)O/C(=C/c1ccco1)C(=O)N2Cc1ccc(Cl)cc1. The Morgan fingerprint density at radius 3 is 2.65 bits per heavy atom. The Bertz CT molecular complexity index is 979. The second kappa shape index (κ2) is 6.61. The van der Waals surface area contributed by atoms with E-state index in [1.165, 1.54) is 6.26 Å². The van der Waals surface area contributed by atoms with E-state index in [2.05, 4.69) is 0 Å². The van der Waals surface area contributed by atoms with E-state index in [-0.39, 0.29) is 11.7 Å². The van der Waals surface area contributed by atoms with Gasteiger partial charge in [-0.05, 0) is 42.0 Å². The Hall–Kier alpha value is -3.18. The number of rotatable bonds is 3. The Labute approximate surface area is 155 Å². The van der Waals surface area contributed by atoms with Crippen molar-refractivity contribution in [3.63, 3.8) is 0 Å². The first-order valence-electron chi connectivity index (χ1n) is 7.99. The molecule has 0 fully saturated rings. The highest BCUT2D eigenvalue weighted by atomic mass is 35.5. The zero-order valence-corrected chi connectivity index (χ0v) is 14.4. The lowest BCUT2D eigenvalue weighted by Gasteiger charge is -2.30. The largest absolute Gasteiger partial charge is 0.465 e. The third kappa shape index (κ3) is 3.17. The van der Waals surface area contributed by atoms with Crippen molar-refractivity contribution in [3.05, 3.63) is 83.0 Å². The van der Waals surface area contributed by atoms with Gasteiger partial charge in [0.05, 0.1) is 18.5 Å². The minimum Gasteiger partial charge on any atom is -0.465 e. The smallest absolute Gasteiger partial charge is 0.294 e. The van der Waals surface area contributed by atoms with E-state index in [4.69, 9.17) is 26.5 Å². The summed E-state index contributed by atoms with van der Waals surface area (Å²) in [6.07, 6.45) is 3.11. The third-order valence-electron chi connectivity index (χ3n) is 4.02. The summed E-state index contributed by atoms with van der Waals surface area (Å²) in [7, 11) is 0. The van der Waals surface area contributed by atoms with Crippen molar-refractivity contribution in [3.8, 4) is 5.75 Å². The molecule has 4 rings (SSSR count). The second-order valence-corrected chi connectivity index (χ2v) is 6.31. The number of fused-ring (bicyclic) bond motifs is 1. The topological polar surface area (TPSA) is 68.7 Å². The summed E-state index contributed by atoms with van der Waals surface area (Å²) in [5.74, 6) is 0.976. The number of amides is 1. The second-order valence-electron chi connectivity index (χ2n) is 5.87. The van der Waals surface area contributed by atoms with Crippen molar-refractivity contribution < 1.29 is 13.9 Å². The lowest BCUT2D eigenvalue weighted by molar-refractivity contribution is -0.117. The van der Waals surface area contributed by atoms with Crippen molar-refractivity contribution in [2.75, 3.05) is 10.6 Å². The van der Waals surface area contributed by atoms with Crippen molar-refractivity contribution in [1.82, 2.24) is 0 Å². The molecule has 0 saturated carbocycles. The standard InChI is InChI=1S/C20H15ClN2O3/c21-14-5-3-13(4-6-14)12-23-17-8-7-15(22)10-18(17)26-19(20(23)24)11-16-2-1-9-25-16/h1-11H,12,22H2/b19-11+. The fraction of sp³-hybridized carbons (Fsp3) is 0.0500. The molecule has 0 bridgehead atoms. The molecular weight excluding hydrogens is 352 g/mol. The van der Waals surface area contributed by atoms with Crippen molar-refractivity contribution >= 4 is 35.0 Å². The van der Waals surface area contributed by atoms with E-state index in [0.29, 0.717) is 34.5 Å². The Balaban J connectivity index is 1.75. The molecule has 0 radical (unpaired) electrons. The maximum absolute atomic E-state index is 13.0. The van der Waals surface area contributed by atoms with Crippen LogP contribution in [-0.2, 0) is 11.3 Å². The predicted octanol–water partition coefficient (Wildman–Crippen LogP) is 4.48. The van der Waals surface area contributed by atoms with Gasteiger partial charge in [-0.15, -0.1) is 0 Å². The first-order valence-corrected chi connectivity index (χ1v) is 8.37. The van der Waals surface area contributed by atoms with Crippen LogP contribution in [0.5, 0.6) is 5.75 Å². The highest BCUT2D eigenvalue weighted by molar-refractivity contribution is 6.30. The number of benzene rings is 2. The number of anilines is 2. The molecule has 1 amide bonds. The van der Waals surface area contributed by atoms with E-state index < -0.39 is 0 Å². The van der Waals surface area contributed by atoms with Gasteiger partial charge in [-0.3, -0.25) is 9.69 Å². The zero-order chi connectivity index (χ0) is 18.1. The molecule has 6 heteroatoms. The third-order valence-corrected chi connectivity index (χ3v) is 4.27. The van der Waals surface area contributed by atoms with Gasteiger partial charge < -0.3 is 14.9 Å². The monoisotopic (exact) mass is 366 g/mol. The average molecular weight is 367 g/mol. The molecular formula is C20H15ClN2O3. The van der Waals surface area contributed by atoms with E-state index in [9.17, 15) is 4.79 Å². The average Bonchev–Trinajstić information content (AvgIpc) is 3.13. The number of hydrogen-bond donors (Lipinski definition) is 1. The van der Waals surface area contributed by atoms with Gasteiger partial charge in [-0.1, -0.05) is 23.7 Å². The number of nitrogen functional groups attached to an aromatic ring is 1. The molecule has 130 valence electrons. The van der Waals surface area contributed by atoms with E-state index >= 15 is 0 Å². The number of nitrogens with zero attached hydrogens (tertiary/aromatic N) is 1. The fourth-order valence-electron chi connectivity index (χ4n) is 2.76. The molecule has 26 heavy (non-hydrogen) atoms. The Morgan fingerprint density at radius 1 is 1.12 bits per heavy atom. The van der Waals surface area contributed by atoms with Gasteiger partial charge in [0.25, 0.3) is 5.91 Å². The van der Waals surface area contributed by atoms with Crippen LogP contribution in [0.4, 0.5) is 11.4 Å². The molecule has 0 spiro atoms. The van der Waals surface area contributed by atoms with Crippen LogP contribution < -0.4 is 15.4 Å².